The predicted molar refractivity (Wildman–Crippen MR) is 58.6 cm³/mol. The molecular formula is C10H14ClF3N2. The zero-order chi connectivity index (χ0) is 11.5. The minimum absolute atomic E-state index is 0. The normalized spacial score (nSPS) is 13.1. The van der Waals surface area contributed by atoms with Crippen molar-refractivity contribution in [2.24, 2.45) is 0 Å². The molecule has 0 amide bonds. The van der Waals surface area contributed by atoms with E-state index < -0.39 is 11.7 Å². The summed E-state index contributed by atoms with van der Waals surface area (Å²) in [4.78, 5) is 3.78. The SMILES string of the molecule is CCNC(C)c1ccc(C(F)(F)F)cn1.Cl. The van der Waals surface area contributed by atoms with Gasteiger partial charge in [0.15, 0.2) is 0 Å². The highest BCUT2D eigenvalue weighted by molar-refractivity contribution is 5.85. The fraction of sp³-hybridized carbons (Fsp3) is 0.500. The van der Waals surface area contributed by atoms with Crippen molar-refractivity contribution >= 4 is 12.4 Å². The number of alkyl halides is 3. The summed E-state index contributed by atoms with van der Waals surface area (Å²) in [6, 6.07) is 2.42. The minimum atomic E-state index is -4.31. The van der Waals surface area contributed by atoms with Gasteiger partial charge in [0.1, 0.15) is 0 Å². The van der Waals surface area contributed by atoms with Gasteiger partial charge >= 0.3 is 6.18 Å². The third kappa shape index (κ3) is 3.98. The monoisotopic (exact) mass is 254 g/mol. The van der Waals surface area contributed by atoms with Crippen LogP contribution in [0, 0.1) is 0 Å². The molecule has 6 heteroatoms. The van der Waals surface area contributed by atoms with Crippen LogP contribution in [0.15, 0.2) is 18.3 Å². The Morgan fingerprint density at radius 1 is 1.38 bits per heavy atom. The Labute approximate surface area is 98.7 Å². The Kier molecular flexibility index (Phi) is 5.75. The topological polar surface area (TPSA) is 24.9 Å². The van der Waals surface area contributed by atoms with Crippen LogP contribution in [-0.2, 0) is 6.18 Å². The first-order chi connectivity index (χ1) is 6.95. The molecule has 92 valence electrons. The Bertz CT molecular complexity index is 311. The lowest BCUT2D eigenvalue weighted by Gasteiger charge is -2.12. The highest BCUT2D eigenvalue weighted by Gasteiger charge is 2.30. The second-order valence-corrected chi connectivity index (χ2v) is 3.25. The van der Waals surface area contributed by atoms with Crippen LogP contribution in [0.2, 0.25) is 0 Å². The highest BCUT2D eigenvalue weighted by atomic mass is 35.5. The first-order valence-electron chi connectivity index (χ1n) is 4.71. The van der Waals surface area contributed by atoms with E-state index in [0.717, 1.165) is 18.8 Å². The molecule has 0 saturated carbocycles. The van der Waals surface area contributed by atoms with Gasteiger partial charge in [0, 0.05) is 12.2 Å². The van der Waals surface area contributed by atoms with Crippen LogP contribution < -0.4 is 5.32 Å². The Hall–Kier alpha value is -0.810. The summed E-state index contributed by atoms with van der Waals surface area (Å²) in [6.07, 6.45) is -3.45. The third-order valence-electron chi connectivity index (χ3n) is 2.07. The van der Waals surface area contributed by atoms with E-state index in [1.165, 1.54) is 6.07 Å². The molecule has 1 aromatic heterocycles. The number of hydrogen-bond donors (Lipinski definition) is 1. The van der Waals surface area contributed by atoms with Crippen LogP contribution >= 0.6 is 12.4 Å². The van der Waals surface area contributed by atoms with Crippen molar-refractivity contribution < 1.29 is 13.2 Å². The molecule has 16 heavy (non-hydrogen) atoms. The summed E-state index contributed by atoms with van der Waals surface area (Å²) in [7, 11) is 0. The Balaban J connectivity index is 0.00000225. The molecule has 1 rings (SSSR count). The van der Waals surface area contributed by atoms with Gasteiger partial charge in [-0.05, 0) is 25.6 Å². The largest absolute Gasteiger partial charge is 0.417 e. The molecule has 1 aromatic rings. The van der Waals surface area contributed by atoms with Gasteiger partial charge in [-0.3, -0.25) is 4.98 Å². The Morgan fingerprint density at radius 3 is 2.38 bits per heavy atom. The number of rotatable bonds is 3. The average Bonchev–Trinajstić information content (AvgIpc) is 2.17. The van der Waals surface area contributed by atoms with E-state index in [1.807, 2.05) is 13.8 Å². The van der Waals surface area contributed by atoms with Crippen LogP contribution in [-0.4, -0.2) is 11.5 Å². The second kappa shape index (κ2) is 6.06. The van der Waals surface area contributed by atoms with Crippen molar-refractivity contribution in [2.75, 3.05) is 6.54 Å². The summed E-state index contributed by atoms with van der Waals surface area (Å²) in [5, 5.41) is 3.08. The van der Waals surface area contributed by atoms with E-state index in [-0.39, 0.29) is 18.4 Å². The van der Waals surface area contributed by atoms with Crippen LogP contribution in [0.1, 0.15) is 31.1 Å². The van der Waals surface area contributed by atoms with Gasteiger partial charge < -0.3 is 5.32 Å². The average molecular weight is 255 g/mol. The first kappa shape index (κ1) is 15.2. The number of hydrogen-bond acceptors (Lipinski definition) is 2. The lowest BCUT2D eigenvalue weighted by molar-refractivity contribution is -0.137. The van der Waals surface area contributed by atoms with Crippen molar-refractivity contribution in [3.63, 3.8) is 0 Å². The molecular weight excluding hydrogens is 241 g/mol. The molecule has 1 heterocycles. The lowest BCUT2D eigenvalue weighted by atomic mass is 10.2. The summed E-state index contributed by atoms with van der Waals surface area (Å²) >= 11 is 0. The van der Waals surface area contributed by atoms with Crippen LogP contribution in [0.4, 0.5) is 13.2 Å². The van der Waals surface area contributed by atoms with Crippen molar-refractivity contribution in [3.05, 3.63) is 29.6 Å². The minimum Gasteiger partial charge on any atom is -0.309 e. The fourth-order valence-corrected chi connectivity index (χ4v) is 1.24. The maximum atomic E-state index is 12.2. The maximum absolute atomic E-state index is 12.2. The van der Waals surface area contributed by atoms with Crippen LogP contribution in [0.5, 0.6) is 0 Å². The highest BCUT2D eigenvalue weighted by Crippen LogP contribution is 2.28. The van der Waals surface area contributed by atoms with E-state index in [0.29, 0.717) is 5.69 Å². The van der Waals surface area contributed by atoms with E-state index in [9.17, 15) is 13.2 Å². The summed E-state index contributed by atoms with van der Waals surface area (Å²) < 4.78 is 36.6. The molecule has 0 spiro atoms. The summed E-state index contributed by atoms with van der Waals surface area (Å²) in [6.45, 7) is 4.55. The van der Waals surface area contributed by atoms with Gasteiger partial charge in [0.05, 0.1) is 11.3 Å². The lowest BCUT2D eigenvalue weighted by Crippen LogP contribution is -2.19. The molecule has 1 N–H and O–H groups in total. The van der Waals surface area contributed by atoms with E-state index in [2.05, 4.69) is 10.3 Å². The number of nitrogens with one attached hydrogen (secondary N) is 1. The second-order valence-electron chi connectivity index (χ2n) is 3.25. The number of aromatic nitrogens is 1. The predicted octanol–water partition coefficient (Wildman–Crippen LogP) is 3.19. The van der Waals surface area contributed by atoms with Crippen molar-refractivity contribution in [3.8, 4) is 0 Å². The molecule has 1 atom stereocenters. The quantitative estimate of drug-likeness (QED) is 0.896. The van der Waals surface area contributed by atoms with Gasteiger partial charge in [0.25, 0.3) is 0 Å². The van der Waals surface area contributed by atoms with E-state index in [1.54, 1.807) is 0 Å². The molecule has 0 saturated heterocycles. The number of pyridine rings is 1. The van der Waals surface area contributed by atoms with Crippen molar-refractivity contribution in [1.82, 2.24) is 10.3 Å². The zero-order valence-electron chi connectivity index (χ0n) is 9.01. The molecule has 0 aliphatic rings. The Morgan fingerprint density at radius 2 is 2.00 bits per heavy atom. The van der Waals surface area contributed by atoms with E-state index >= 15 is 0 Å². The molecule has 1 unspecified atom stereocenters. The molecule has 0 aromatic carbocycles. The van der Waals surface area contributed by atoms with Crippen LogP contribution in [0.25, 0.3) is 0 Å². The van der Waals surface area contributed by atoms with Gasteiger partial charge in [-0.15, -0.1) is 12.4 Å². The maximum Gasteiger partial charge on any atom is 0.417 e. The molecule has 0 aliphatic carbocycles. The molecule has 0 bridgehead atoms. The first-order valence-corrected chi connectivity index (χ1v) is 4.71. The fourth-order valence-electron chi connectivity index (χ4n) is 1.24. The van der Waals surface area contributed by atoms with Gasteiger partial charge in [-0.1, -0.05) is 6.92 Å². The number of nitrogens with zero attached hydrogens (tertiary/aromatic N) is 1. The standard InChI is InChI=1S/C10H13F3N2.ClH/c1-3-14-7(2)9-5-4-8(6-15-9)10(11,12)13;/h4-7,14H,3H2,1-2H3;1H. The molecule has 2 nitrogen and oxygen atoms in total. The van der Waals surface area contributed by atoms with Crippen molar-refractivity contribution in [2.45, 2.75) is 26.1 Å². The summed E-state index contributed by atoms with van der Waals surface area (Å²) in [5.41, 5.74) is -0.0974. The zero-order valence-corrected chi connectivity index (χ0v) is 9.82. The molecule has 0 fully saturated rings. The van der Waals surface area contributed by atoms with Gasteiger partial charge in [0.2, 0.25) is 0 Å². The molecule has 0 radical (unpaired) electrons. The van der Waals surface area contributed by atoms with Gasteiger partial charge in [-0.2, -0.15) is 13.2 Å². The van der Waals surface area contributed by atoms with E-state index in [4.69, 9.17) is 0 Å². The van der Waals surface area contributed by atoms with Crippen molar-refractivity contribution in [1.29, 1.82) is 0 Å². The molecule has 0 aliphatic heterocycles. The van der Waals surface area contributed by atoms with Gasteiger partial charge in [-0.25, -0.2) is 0 Å². The third-order valence-corrected chi connectivity index (χ3v) is 2.07. The number of halogens is 4. The smallest absolute Gasteiger partial charge is 0.309 e. The summed E-state index contributed by atoms with van der Waals surface area (Å²) in [5.74, 6) is 0. The van der Waals surface area contributed by atoms with Crippen LogP contribution in [0.3, 0.4) is 0 Å².